The van der Waals surface area contributed by atoms with Gasteiger partial charge in [0.15, 0.2) is 0 Å². The molecule has 0 saturated heterocycles. The molecule has 0 fully saturated rings. The molecule has 1 heterocycles. The van der Waals surface area contributed by atoms with E-state index >= 15 is 0 Å². The van der Waals surface area contributed by atoms with Gasteiger partial charge in [0, 0.05) is 12.6 Å². The van der Waals surface area contributed by atoms with Gasteiger partial charge in [0.05, 0.1) is 17.1 Å². The van der Waals surface area contributed by atoms with Gasteiger partial charge in [-0.3, -0.25) is 9.78 Å². The quantitative estimate of drug-likeness (QED) is 0.773. The van der Waals surface area contributed by atoms with E-state index in [2.05, 4.69) is 4.98 Å². The Morgan fingerprint density at radius 1 is 1.64 bits per heavy atom. The summed E-state index contributed by atoms with van der Waals surface area (Å²) in [6.45, 7) is 1.91. The van der Waals surface area contributed by atoms with Gasteiger partial charge in [-0.1, -0.05) is 18.5 Å². The minimum Gasteiger partial charge on any atom is -0.299 e. The molecule has 0 aliphatic heterocycles. The molecule has 0 N–H and O–H groups in total. The van der Waals surface area contributed by atoms with Crippen LogP contribution < -0.4 is 0 Å². The number of pyridine rings is 1. The summed E-state index contributed by atoms with van der Waals surface area (Å²) in [6, 6.07) is 1.17. The van der Waals surface area contributed by atoms with Crippen molar-refractivity contribution in [3.63, 3.8) is 0 Å². The van der Waals surface area contributed by atoms with Crippen LogP contribution >= 0.6 is 11.6 Å². The molecule has 0 radical (unpaired) electrons. The molecule has 14 heavy (non-hydrogen) atoms. The van der Waals surface area contributed by atoms with Crippen molar-refractivity contribution in [2.45, 2.75) is 26.2 Å². The second-order valence-electron chi connectivity index (χ2n) is 3.05. The topological polar surface area (TPSA) is 30.0 Å². The van der Waals surface area contributed by atoms with E-state index in [1.54, 1.807) is 0 Å². The Bertz CT molecular complexity index is 341. The Hall–Kier alpha value is -0.960. The molecule has 1 aromatic rings. The maximum absolute atomic E-state index is 13.2. The van der Waals surface area contributed by atoms with Crippen LogP contribution in [-0.4, -0.2) is 10.8 Å². The molecule has 76 valence electrons. The normalized spacial score (nSPS) is 10.2. The molecule has 0 spiro atoms. The zero-order valence-electron chi connectivity index (χ0n) is 7.89. The van der Waals surface area contributed by atoms with Gasteiger partial charge in [0.1, 0.15) is 11.6 Å². The van der Waals surface area contributed by atoms with Gasteiger partial charge < -0.3 is 0 Å². The molecule has 4 heteroatoms. The minimum atomic E-state index is -0.512. The number of aromatic nitrogens is 1. The summed E-state index contributed by atoms with van der Waals surface area (Å²) in [4.78, 5) is 15.0. The van der Waals surface area contributed by atoms with Crippen LogP contribution in [0.25, 0.3) is 0 Å². The minimum absolute atomic E-state index is 0.00113. The summed E-state index contributed by atoms with van der Waals surface area (Å²) >= 11 is 5.53. The van der Waals surface area contributed by atoms with E-state index in [0.29, 0.717) is 6.42 Å². The first-order valence-electron chi connectivity index (χ1n) is 4.45. The smallest absolute Gasteiger partial charge is 0.146 e. The highest BCUT2D eigenvalue weighted by molar-refractivity contribution is 6.30. The first kappa shape index (κ1) is 11.1. The van der Waals surface area contributed by atoms with E-state index in [1.807, 2.05) is 6.92 Å². The number of hydrogen-bond acceptors (Lipinski definition) is 2. The lowest BCUT2D eigenvalue weighted by Gasteiger charge is -2.01. The van der Waals surface area contributed by atoms with Crippen molar-refractivity contribution in [3.05, 3.63) is 28.8 Å². The van der Waals surface area contributed by atoms with Crippen LogP contribution in [0.5, 0.6) is 0 Å². The molecule has 0 bridgehead atoms. The molecule has 0 amide bonds. The Kier molecular flexibility index (Phi) is 4.01. The zero-order chi connectivity index (χ0) is 10.6. The monoisotopic (exact) mass is 215 g/mol. The first-order valence-corrected chi connectivity index (χ1v) is 4.83. The summed E-state index contributed by atoms with van der Waals surface area (Å²) in [5.41, 5.74) is 0.174. The third kappa shape index (κ3) is 3.07. The summed E-state index contributed by atoms with van der Waals surface area (Å²) in [6.07, 6.45) is 2.63. The number of ketones is 1. The lowest BCUT2D eigenvalue weighted by atomic mass is 10.1. The average molecular weight is 216 g/mol. The van der Waals surface area contributed by atoms with E-state index in [9.17, 15) is 9.18 Å². The van der Waals surface area contributed by atoms with E-state index < -0.39 is 5.82 Å². The van der Waals surface area contributed by atoms with E-state index in [-0.39, 0.29) is 22.9 Å². The molecule has 0 saturated carbocycles. The molecular formula is C10H11ClFNO. The van der Waals surface area contributed by atoms with E-state index in [4.69, 9.17) is 11.6 Å². The summed E-state index contributed by atoms with van der Waals surface area (Å²) in [5.74, 6) is -0.511. The van der Waals surface area contributed by atoms with E-state index in [0.717, 1.165) is 6.42 Å². The van der Waals surface area contributed by atoms with Crippen LogP contribution in [0.4, 0.5) is 4.39 Å². The number of nitrogens with zero attached hydrogens (tertiary/aromatic N) is 1. The van der Waals surface area contributed by atoms with Crippen LogP contribution in [0, 0.1) is 5.82 Å². The van der Waals surface area contributed by atoms with Gasteiger partial charge in [0.2, 0.25) is 0 Å². The number of carbonyl (C=O) groups excluding carboxylic acids is 1. The number of hydrogen-bond donors (Lipinski definition) is 0. The molecule has 1 aromatic heterocycles. The molecule has 0 aliphatic carbocycles. The van der Waals surface area contributed by atoms with Gasteiger partial charge in [-0.05, 0) is 12.5 Å². The third-order valence-corrected chi connectivity index (χ3v) is 1.98. The summed E-state index contributed by atoms with van der Waals surface area (Å²) in [5, 5.41) is 0.245. The van der Waals surface area contributed by atoms with E-state index in [1.165, 1.54) is 12.3 Å². The van der Waals surface area contributed by atoms with Crippen LogP contribution in [0.1, 0.15) is 25.5 Å². The maximum atomic E-state index is 13.2. The van der Waals surface area contributed by atoms with Crippen molar-refractivity contribution >= 4 is 17.4 Å². The highest BCUT2D eigenvalue weighted by Crippen LogP contribution is 2.12. The van der Waals surface area contributed by atoms with Gasteiger partial charge in [-0.15, -0.1) is 0 Å². The fraction of sp³-hybridized carbons (Fsp3) is 0.400. The highest BCUT2D eigenvalue weighted by Gasteiger charge is 2.09. The third-order valence-electron chi connectivity index (χ3n) is 1.78. The summed E-state index contributed by atoms with van der Waals surface area (Å²) in [7, 11) is 0. The lowest BCUT2D eigenvalue weighted by molar-refractivity contribution is -0.118. The Morgan fingerprint density at radius 3 is 2.93 bits per heavy atom. The summed E-state index contributed by atoms with van der Waals surface area (Å²) < 4.78 is 13.2. The second kappa shape index (κ2) is 5.05. The standard InChI is InChI=1S/C10H11ClFNO/c1-2-3-8(14)5-10-9(12)4-7(11)6-13-10/h4,6H,2-3,5H2,1H3. The van der Waals surface area contributed by atoms with Crippen LogP contribution in [0.2, 0.25) is 5.02 Å². The van der Waals surface area contributed by atoms with Gasteiger partial charge in [-0.25, -0.2) is 4.39 Å². The van der Waals surface area contributed by atoms with Crippen molar-refractivity contribution in [3.8, 4) is 0 Å². The molecular weight excluding hydrogens is 205 g/mol. The van der Waals surface area contributed by atoms with Crippen LogP contribution in [-0.2, 0) is 11.2 Å². The molecule has 0 aromatic carbocycles. The van der Waals surface area contributed by atoms with Crippen molar-refractivity contribution in [1.29, 1.82) is 0 Å². The highest BCUT2D eigenvalue weighted by atomic mass is 35.5. The van der Waals surface area contributed by atoms with Crippen LogP contribution in [0.3, 0.4) is 0 Å². The van der Waals surface area contributed by atoms with Crippen molar-refractivity contribution in [2.75, 3.05) is 0 Å². The number of rotatable bonds is 4. The number of Topliss-reactive ketones (excluding diaryl/α,β-unsaturated/α-hetero) is 1. The Morgan fingerprint density at radius 2 is 2.36 bits per heavy atom. The molecule has 1 rings (SSSR count). The first-order chi connectivity index (χ1) is 6.63. The van der Waals surface area contributed by atoms with Crippen molar-refractivity contribution in [1.82, 2.24) is 4.98 Å². The molecule has 2 nitrogen and oxygen atoms in total. The van der Waals surface area contributed by atoms with Crippen LogP contribution in [0.15, 0.2) is 12.3 Å². The van der Waals surface area contributed by atoms with Gasteiger partial charge in [-0.2, -0.15) is 0 Å². The van der Waals surface area contributed by atoms with Crippen molar-refractivity contribution in [2.24, 2.45) is 0 Å². The number of carbonyl (C=O) groups is 1. The fourth-order valence-corrected chi connectivity index (χ4v) is 1.27. The molecule has 0 unspecified atom stereocenters. The van der Waals surface area contributed by atoms with Gasteiger partial charge >= 0.3 is 0 Å². The Labute approximate surface area is 87.1 Å². The molecule has 0 atom stereocenters. The SMILES string of the molecule is CCCC(=O)Cc1ncc(Cl)cc1F. The Balaban J connectivity index is 2.72. The largest absolute Gasteiger partial charge is 0.299 e. The maximum Gasteiger partial charge on any atom is 0.146 e. The average Bonchev–Trinajstić information content (AvgIpc) is 2.10. The fourth-order valence-electron chi connectivity index (χ4n) is 1.13. The lowest BCUT2D eigenvalue weighted by Crippen LogP contribution is -2.05. The zero-order valence-corrected chi connectivity index (χ0v) is 8.64. The predicted octanol–water partition coefficient (Wildman–Crippen LogP) is 2.79. The second-order valence-corrected chi connectivity index (χ2v) is 3.48. The molecule has 0 aliphatic rings. The number of halogens is 2. The van der Waals surface area contributed by atoms with Gasteiger partial charge in [0.25, 0.3) is 0 Å². The van der Waals surface area contributed by atoms with Crippen molar-refractivity contribution < 1.29 is 9.18 Å². The predicted molar refractivity (Wildman–Crippen MR) is 52.8 cm³/mol.